The quantitative estimate of drug-likeness (QED) is 0.531. The number of hydrogen-bond acceptors (Lipinski definition) is 4. The molecular formula is C24H25N5O. The van der Waals surface area contributed by atoms with Crippen molar-refractivity contribution < 1.29 is 4.79 Å². The predicted molar refractivity (Wildman–Crippen MR) is 118 cm³/mol. The van der Waals surface area contributed by atoms with Crippen LogP contribution in [-0.4, -0.2) is 25.7 Å². The van der Waals surface area contributed by atoms with Crippen molar-refractivity contribution >= 4 is 16.8 Å². The van der Waals surface area contributed by atoms with Gasteiger partial charge in [-0.05, 0) is 69.7 Å². The first-order chi connectivity index (χ1) is 14.4. The van der Waals surface area contributed by atoms with E-state index in [0.29, 0.717) is 12.1 Å². The minimum atomic E-state index is -0.149. The first kappa shape index (κ1) is 19.8. The number of aryl methyl sites for hydroxylation is 2. The summed E-state index contributed by atoms with van der Waals surface area (Å²) in [5.41, 5.74) is 6.09. The molecule has 6 heteroatoms. The van der Waals surface area contributed by atoms with Crippen LogP contribution in [0.15, 0.2) is 54.9 Å². The molecule has 0 radical (unpaired) electrons. The lowest BCUT2D eigenvalue weighted by molar-refractivity contribution is 0.0950. The number of pyridine rings is 1. The zero-order chi connectivity index (χ0) is 21.3. The molecule has 0 saturated carbocycles. The summed E-state index contributed by atoms with van der Waals surface area (Å²) in [4.78, 5) is 17.6. The average molecular weight is 399 g/mol. The Labute approximate surface area is 176 Å². The minimum Gasteiger partial charge on any atom is -0.346 e. The molecule has 0 aliphatic rings. The molecular weight excluding hydrogens is 374 g/mol. The summed E-state index contributed by atoms with van der Waals surface area (Å²) < 4.78 is 2.18. The maximum Gasteiger partial charge on any atom is 0.251 e. The van der Waals surface area contributed by atoms with Gasteiger partial charge in [0.2, 0.25) is 0 Å². The van der Waals surface area contributed by atoms with Gasteiger partial charge in [0.1, 0.15) is 0 Å². The van der Waals surface area contributed by atoms with Crippen molar-refractivity contribution in [3.63, 3.8) is 0 Å². The average Bonchev–Trinajstić information content (AvgIpc) is 3.17. The summed E-state index contributed by atoms with van der Waals surface area (Å²) in [5.74, 6) is -0.149. The summed E-state index contributed by atoms with van der Waals surface area (Å²) >= 11 is 0. The molecule has 0 aliphatic heterocycles. The van der Waals surface area contributed by atoms with Gasteiger partial charge in [-0.2, -0.15) is 10.2 Å². The maximum atomic E-state index is 13.0. The van der Waals surface area contributed by atoms with Crippen molar-refractivity contribution in [1.29, 1.82) is 0 Å². The fourth-order valence-electron chi connectivity index (χ4n) is 3.48. The van der Waals surface area contributed by atoms with Gasteiger partial charge in [0, 0.05) is 40.5 Å². The predicted octanol–water partition coefficient (Wildman–Crippen LogP) is 4.62. The highest BCUT2D eigenvalue weighted by atomic mass is 16.1. The van der Waals surface area contributed by atoms with E-state index in [2.05, 4.69) is 51.2 Å². The largest absolute Gasteiger partial charge is 0.346 e. The van der Waals surface area contributed by atoms with Gasteiger partial charge >= 0.3 is 0 Å². The number of fused-ring (bicyclic) bond motifs is 1. The van der Waals surface area contributed by atoms with E-state index in [9.17, 15) is 4.79 Å². The van der Waals surface area contributed by atoms with Gasteiger partial charge in [-0.1, -0.05) is 6.07 Å². The van der Waals surface area contributed by atoms with E-state index in [4.69, 9.17) is 0 Å². The summed E-state index contributed by atoms with van der Waals surface area (Å²) in [7, 11) is 0. The molecule has 1 amide bonds. The molecule has 3 aromatic heterocycles. The van der Waals surface area contributed by atoms with Crippen LogP contribution in [0, 0.1) is 13.8 Å². The molecule has 4 rings (SSSR count). The van der Waals surface area contributed by atoms with E-state index in [1.807, 2.05) is 56.4 Å². The van der Waals surface area contributed by atoms with Crippen molar-refractivity contribution in [3.05, 3.63) is 77.4 Å². The van der Waals surface area contributed by atoms with Gasteiger partial charge in [-0.15, -0.1) is 0 Å². The van der Waals surface area contributed by atoms with E-state index in [1.165, 1.54) is 0 Å². The number of hydrogen-bond donors (Lipinski definition) is 1. The molecule has 0 fully saturated rings. The van der Waals surface area contributed by atoms with Crippen LogP contribution >= 0.6 is 0 Å². The summed E-state index contributed by atoms with van der Waals surface area (Å²) in [6.07, 6.45) is 3.92. The number of aromatic nitrogens is 4. The summed E-state index contributed by atoms with van der Waals surface area (Å²) in [5, 5.41) is 12.2. The third-order valence-electron chi connectivity index (χ3n) is 5.13. The fourth-order valence-corrected chi connectivity index (χ4v) is 3.48. The highest BCUT2D eigenvalue weighted by Gasteiger charge is 2.16. The summed E-state index contributed by atoms with van der Waals surface area (Å²) in [6.45, 7) is 8.49. The monoisotopic (exact) mass is 399 g/mol. The normalized spacial score (nSPS) is 11.2. The lowest BCUT2D eigenvalue weighted by Crippen LogP contribution is -2.23. The Kier molecular flexibility index (Phi) is 5.31. The molecule has 0 saturated heterocycles. The van der Waals surface area contributed by atoms with Gasteiger partial charge in [0.15, 0.2) is 0 Å². The molecule has 0 atom stereocenters. The third-order valence-corrected chi connectivity index (χ3v) is 5.13. The lowest BCUT2D eigenvalue weighted by atomic mass is 10.0. The molecule has 0 spiro atoms. The highest BCUT2D eigenvalue weighted by molar-refractivity contribution is 6.03. The Morgan fingerprint density at radius 3 is 2.57 bits per heavy atom. The summed E-state index contributed by atoms with van der Waals surface area (Å²) in [6, 6.07) is 14.0. The van der Waals surface area contributed by atoms with Crippen molar-refractivity contribution in [2.45, 2.75) is 40.3 Å². The molecule has 1 N–H and O–H groups in total. The Morgan fingerprint density at radius 1 is 1.07 bits per heavy atom. The molecule has 0 bridgehead atoms. The van der Waals surface area contributed by atoms with Crippen molar-refractivity contribution in [1.82, 2.24) is 25.1 Å². The Bertz CT molecular complexity index is 1190. The molecule has 0 aliphatic carbocycles. The van der Waals surface area contributed by atoms with Crippen LogP contribution < -0.4 is 5.32 Å². The van der Waals surface area contributed by atoms with E-state index >= 15 is 0 Å². The molecule has 152 valence electrons. The Hall–Kier alpha value is -3.54. The zero-order valence-electron chi connectivity index (χ0n) is 17.7. The van der Waals surface area contributed by atoms with Gasteiger partial charge in [0.25, 0.3) is 5.91 Å². The van der Waals surface area contributed by atoms with Crippen molar-refractivity contribution in [3.8, 4) is 11.3 Å². The SMILES string of the molecule is Cc1ccc(-c2cc(C(=O)NCc3ccc(C)nn3)cc3c2ccn3C(C)C)nc1. The van der Waals surface area contributed by atoms with Gasteiger partial charge in [0.05, 0.1) is 23.6 Å². The number of carbonyl (C=O) groups excluding carboxylic acids is 1. The topological polar surface area (TPSA) is 72.7 Å². The van der Waals surface area contributed by atoms with Crippen LogP contribution in [0.5, 0.6) is 0 Å². The number of benzene rings is 1. The van der Waals surface area contributed by atoms with Gasteiger partial charge < -0.3 is 9.88 Å². The number of rotatable bonds is 5. The number of carbonyl (C=O) groups is 1. The second-order valence-corrected chi connectivity index (χ2v) is 7.84. The standard InChI is InChI=1S/C24H25N5O/c1-15(2)29-10-9-20-21(22-8-5-16(3)13-25-22)11-18(12-23(20)29)24(30)26-14-19-7-6-17(4)27-28-19/h5-13,15H,14H2,1-4H3,(H,26,30). The highest BCUT2D eigenvalue weighted by Crippen LogP contribution is 2.31. The molecule has 0 unspecified atom stereocenters. The Morgan fingerprint density at radius 2 is 1.90 bits per heavy atom. The first-order valence-corrected chi connectivity index (χ1v) is 10.1. The molecule has 3 heterocycles. The van der Waals surface area contributed by atoms with E-state index < -0.39 is 0 Å². The molecule has 1 aromatic carbocycles. The smallest absolute Gasteiger partial charge is 0.251 e. The number of nitrogens with one attached hydrogen (secondary N) is 1. The van der Waals surface area contributed by atoms with Crippen LogP contribution in [0.2, 0.25) is 0 Å². The van der Waals surface area contributed by atoms with E-state index in [1.54, 1.807) is 0 Å². The fraction of sp³-hybridized carbons (Fsp3) is 0.250. The second-order valence-electron chi connectivity index (χ2n) is 7.84. The molecule has 6 nitrogen and oxygen atoms in total. The molecule has 4 aromatic rings. The van der Waals surface area contributed by atoms with Crippen LogP contribution in [0.3, 0.4) is 0 Å². The van der Waals surface area contributed by atoms with Crippen LogP contribution in [0.4, 0.5) is 0 Å². The number of nitrogens with zero attached hydrogens (tertiary/aromatic N) is 4. The number of amides is 1. The van der Waals surface area contributed by atoms with Crippen molar-refractivity contribution in [2.24, 2.45) is 0 Å². The van der Waals surface area contributed by atoms with Gasteiger partial charge in [-0.25, -0.2) is 0 Å². The van der Waals surface area contributed by atoms with Gasteiger partial charge in [-0.3, -0.25) is 9.78 Å². The third kappa shape index (κ3) is 3.94. The Balaban J connectivity index is 1.73. The maximum absolute atomic E-state index is 13.0. The minimum absolute atomic E-state index is 0.149. The molecule has 30 heavy (non-hydrogen) atoms. The first-order valence-electron chi connectivity index (χ1n) is 10.1. The second kappa shape index (κ2) is 8.06. The van der Waals surface area contributed by atoms with Crippen molar-refractivity contribution in [2.75, 3.05) is 0 Å². The van der Waals surface area contributed by atoms with Crippen LogP contribution in [0.25, 0.3) is 22.2 Å². The lowest BCUT2D eigenvalue weighted by Gasteiger charge is -2.13. The zero-order valence-corrected chi connectivity index (χ0v) is 17.7. The van der Waals surface area contributed by atoms with Crippen LogP contribution in [-0.2, 0) is 6.54 Å². The van der Waals surface area contributed by atoms with E-state index in [-0.39, 0.29) is 11.9 Å². The van der Waals surface area contributed by atoms with E-state index in [0.717, 1.165) is 39.1 Å². The van der Waals surface area contributed by atoms with Crippen LogP contribution in [0.1, 0.15) is 47.2 Å².